The van der Waals surface area contributed by atoms with E-state index in [0.717, 1.165) is 0 Å². The monoisotopic (exact) mass is 543 g/mol. The van der Waals surface area contributed by atoms with E-state index >= 15 is 0 Å². The Balaban J connectivity index is 1.44. The summed E-state index contributed by atoms with van der Waals surface area (Å²) >= 11 is 0. The van der Waals surface area contributed by atoms with Crippen LogP contribution < -0.4 is 14.5 Å². The summed E-state index contributed by atoms with van der Waals surface area (Å²) in [6, 6.07) is 13.8. The molecule has 0 saturated carbocycles. The largest absolute Gasteiger partial charge is 0.463 e. The van der Waals surface area contributed by atoms with E-state index in [1.807, 2.05) is 20.8 Å². The number of amides is 2. The highest BCUT2D eigenvalue weighted by molar-refractivity contribution is 6.11. The number of fused-ring (bicyclic) bond motifs is 2. The number of hydrogen-bond donors (Lipinski definition) is 0. The first-order valence-corrected chi connectivity index (χ1v) is 12.9. The summed E-state index contributed by atoms with van der Waals surface area (Å²) in [6.45, 7) is 7.88. The van der Waals surface area contributed by atoms with Gasteiger partial charge in [-0.3, -0.25) is 14.7 Å². The van der Waals surface area contributed by atoms with Crippen LogP contribution in [0.3, 0.4) is 0 Å². The molecule has 3 heterocycles. The molecule has 4 aromatic rings. The zero-order valence-corrected chi connectivity index (χ0v) is 22.7. The zero-order chi connectivity index (χ0) is 28.4. The Morgan fingerprint density at radius 2 is 1.70 bits per heavy atom. The summed E-state index contributed by atoms with van der Waals surface area (Å²) in [5.74, 6) is -0.152. The van der Waals surface area contributed by atoms with E-state index in [4.69, 9.17) is 18.6 Å². The van der Waals surface area contributed by atoms with Crippen LogP contribution in [0, 0.1) is 0 Å². The summed E-state index contributed by atoms with van der Waals surface area (Å²) in [5, 5.41) is 0.532. The van der Waals surface area contributed by atoms with Crippen molar-refractivity contribution >= 4 is 40.3 Å². The average molecular weight is 544 g/mol. The maximum absolute atomic E-state index is 13.9. The maximum atomic E-state index is 13.9. The zero-order valence-electron chi connectivity index (χ0n) is 22.7. The molecule has 10 nitrogen and oxygen atoms in total. The number of furan rings is 1. The Morgan fingerprint density at radius 1 is 0.975 bits per heavy atom. The number of anilines is 2. The van der Waals surface area contributed by atoms with Gasteiger partial charge in [-0.2, -0.15) is 0 Å². The number of aromatic nitrogens is 1. The normalized spacial score (nSPS) is 13.1. The van der Waals surface area contributed by atoms with E-state index in [1.165, 1.54) is 23.6 Å². The van der Waals surface area contributed by atoms with Crippen LogP contribution in [0.1, 0.15) is 48.4 Å². The van der Waals surface area contributed by atoms with Gasteiger partial charge in [0.25, 0.3) is 5.91 Å². The fraction of sp³-hybridized carbons (Fsp3) is 0.267. The van der Waals surface area contributed by atoms with E-state index in [-0.39, 0.29) is 42.5 Å². The van der Waals surface area contributed by atoms with Gasteiger partial charge < -0.3 is 23.5 Å². The second-order valence-corrected chi connectivity index (χ2v) is 10.1. The summed E-state index contributed by atoms with van der Waals surface area (Å²) in [5.41, 5.74) is 1.50. The molecule has 2 aromatic heterocycles. The number of carbonyl (C=O) groups excluding carboxylic acids is 3. The van der Waals surface area contributed by atoms with Gasteiger partial charge in [0.05, 0.1) is 18.0 Å². The molecule has 0 N–H and O–H groups in total. The number of esters is 1. The molecule has 10 heteroatoms. The lowest BCUT2D eigenvalue weighted by atomic mass is 10.1. The molecule has 0 fully saturated rings. The fourth-order valence-electron chi connectivity index (χ4n) is 4.42. The molecule has 2 aromatic carbocycles. The summed E-state index contributed by atoms with van der Waals surface area (Å²) < 4.78 is 22.3. The van der Waals surface area contributed by atoms with Crippen molar-refractivity contribution in [3.63, 3.8) is 0 Å². The van der Waals surface area contributed by atoms with Gasteiger partial charge in [-0.05, 0) is 64.1 Å². The lowest BCUT2D eigenvalue weighted by molar-refractivity contribution is 0.0525. The number of ether oxygens (including phenoxy) is 3. The third-order valence-corrected chi connectivity index (χ3v) is 6.15. The first-order valence-electron chi connectivity index (χ1n) is 12.9. The summed E-state index contributed by atoms with van der Waals surface area (Å²) in [7, 11) is 0. The second kappa shape index (κ2) is 10.7. The molecule has 0 radical (unpaired) electrons. The Hall–Kier alpha value is -4.86. The van der Waals surface area contributed by atoms with E-state index in [2.05, 4.69) is 4.98 Å². The highest BCUT2D eigenvalue weighted by atomic mass is 16.6. The second-order valence-electron chi connectivity index (χ2n) is 10.1. The number of nitrogens with zero attached hydrogens (tertiary/aromatic N) is 3. The number of carbonyl (C=O) groups is 3. The molecule has 206 valence electrons. The topological polar surface area (TPSA) is 111 Å². The van der Waals surface area contributed by atoms with Crippen LogP contribution in [-0.4, -0.2) is 48.3 Å². The Kier molecular flexibility index (Phi) is 7.17. The van der Waals surface area contributed by atoms with Gasteiger partial charge in [0.15, 0.2) is 0 Å². The average Bonchev–Trinajstić information content (AvgIpc) is 3.35. The molecule has 0 spiro atoms. The molecular formula is C30H29N3O7. The predicted octanol–water partition coefficient (Wildman–Crippen LogP) is 6.20. The molecule has 2 amide bonds. The van der Waals surface area contributed by atoms with Crippen LogP contribution in [0.4, 0.5) is 16.2 Å². The highest BCUT2D eigenvalue weighted by Gasteiger charge is 2.33. The Labute approximate surface area is 231 Å². The van der Waals surface area contributed by atoms with Crippen molar-refractivity contribution in [3.05, 3.63) is 78.3 Å². The van der Waals surface area contributed by atoms with Gasteiger partial charge in [-0.1, -0.05) is 12.1 Å². The van der Waals surface area contributed by atoms with Crippen LogP contribution in [-0.2, 0) is 9.47 Å². The quantitative estimate of drug-likeness (QED) is 0.274. The Bertz CT molecular complexity index is 1590. The molecule has 1 aliphatic heterocycles. The van der Waals surface area contributed by atoms with Gasteiger partial charge >= 0.3 is 12.1 Å². The van der Waals surface area contributed by atoms with Crippen molar-refractivity contribution < 1.29 is 33.0 Å². The number of para-hydroxylation sites is 2. The minimum atomic E-state index is -0.655. The van der Waals surface area contributed by atoms with E-state index in [9.17, 15) is 14.4 Å². The third kappa shape index (κ3) is 5.33. The van der Waals surface area contributed by atoms with Crippen LogP contribution in [0.2, 0.25) is 0 Å². The van der Waals surface area contributed by atoms with Gasteiger partial charge in [0.1, 0.15) is 40.1 Å². The van der Waals surface area contributed by atoms with Crippen molar-refractivity contribution in [2.45, 2.75) is 33.3 Å². The molecule has 0 bridgehead atoms. The van der Waals surface area contributed by atoms with Crippen LogP contribution in [0.5, 0.6) is 11.5 Å². The number of pyridine rings is 1. The number of rotatable bonds is 5. The van der Waals surface area contributed by atoms with Gasteiger partial charge in [-0.25, -0.2) is 9.59 Å². The first-order chi connectivity index (χ1) is 19.2. The summed E-state index contributed by atoms with van der Waals surface area (Å²) in [6.07, 6.45) is 3.85. The lowest BCUT2D eigenvalue weighted by Gasteiger charge is -2.37. The predicted molar refractivity (Wildman–Crippen MR) is 148 cm³/mol. The van der Waals surface area contributed by atoms with Crippen molar-refractivity contribution in [2.75, 3.05) is 29.5 Å². The van der Waals surface area contributed by atoms with Crippen molar-refractivity contribution in [1.29, 1.82) is 0 Å². The van der Waals surface area contributed by atoms with E-state index in [1.54, 1.807) is 60.4 Å². The van der Waals surface area contributed by atoms with Crippen LogP contribution in [0.15, 0.2) is 71.6 Å². The molecular weight excluding hydrogens is 514 g/mol. The molecule has 0 unspecified atom stereocenters. The smallest absolute Gasteiger partial charge is 0.414 e. The standard InChI is InChI=1S/C30H29N3O7/c1-5-37-28(35)22-18-38-25-11-10-19(16-20(22)25)39-26-12-13-31-17-21(26)27(34)32-14-15-33(29(36)40-30(2,3)4)24-9-7-6-8-23(24)32/h6-13,16-18H,5,14-15H2,1-4H3. The van der Waals surface area contributed by atoms with Crippen molar-refractivity contribution in [3.8, 4) is 11.5 Å². The highest BCUT2D eigenvalue weighted by Crippen LogP contribution is 2.36. The molecule has 0 aliphatic carbocycles. The molecule has 1 aliphatic rings. The molecule has 5 rings (SSSR count). The number of hydrogen-bond acceptors (Lipinski definition) is 8. The lowest BCUT2D eigenvalue weighted by Crippen LogP contribution is -2.48. The van der Waals surface area contributed by atoms with Crippen LogP contribution in [0.25, 0.3) is 11.0 Å². The van der Waals surface area contributed by atoms with Crippen molar-refractivity contribution in [2.24, 2.45) is 0 Å². The van der Waals surface area contributed by atoms with Crippen molar-refractivity contribution in [1.82, 2.24) is 4.98 Å². The minimum Gasteiger partial charge on any atom is -0.463 e. The Morgan fingerprint density at radius 3 is 2.42 bits per heavy atom. The first kappa shape index (κ1) is 26.7. The third-order valence-electron chi connectivity index (χ3n) is 6.15. The molecule has 0 saturated heterocycles. The van der Waals surface area contributed by atoms with Gasteiger partial charge in [-0.15, -0.1) is 0 Å². The maximum Gasteiger partial charge on any atom is 0.414 e. The number of benzene rings is 2. The summed E-state index contributed by atoms with van der Waals surface area (Å²) in [4.78, 5) is 46.4. The molecule has 40 heavy (non-hydrogen) atoms. The fourth-order valence-corrected chi connectivity index (χ4v) is 4.42. The SMILES string of the molecule is CCOC(=O)c1coc2ccc(Oc3ccncc3C(=O)N3CCN(C(=O)OC(C)(C)C)c4ccccc43)cc12. The van der Waals surface area contributed by atoms with E-state index < -0.39 is 17.7 Å². The molecule has 0 atom stereocenters. The minimum absolute atomic E-state index is 0.235. The van der Waals surface area contributed by atoms with Crippen LogP contribution >= 0.6 is 0 Å². The van der Waals surface area contributed by atoms with Gasteiger partial charge in [0, 0.05) is 30.9 Å². The van der Waals surface area contributed by atoms with E-state index in [0.29, 0.717) is 28.1 Å². The van der Waals surface area contributed by atoms with Gasteiger partial charge in [0.2, 0.25) is 0 Å².